The Morgan fingerprint density at radius 2 is 1.94 bits per heavy atom. The first-order valence-corrected chi connectivity index (χ1v) is 6.82. The minimum Gasteiger partial charge on any atom is -0.462 e. The van der Waals surface area contributed by atoms with Gasteiger partial charge in [0.15, 0.2) is 0 Å². The van der Waals surface area contributed by atoms with Gasteiger partial charge in [0.05, 0.1) is 5.92 Å². The van der Waals surface area contributed by atoms with Crippen LogP contribution in [0.2, 0.25) is 0 Å². The number of rotatable bonds is 4. The molecule has 0 N–H and O–H groups in total. The Bertz CT molecular complexity index is 412. The number of benzene rings is 1. The van der Waals surface area contributed by atoms with Gasteiger partial charge in [-0.15, -0.1) is 0 Å². The lowest BCUT2D eigenvalue weighted by atomic mass is 9.72. The van der Waals surface area contributed by atoms with Gasteiger partial charge in [-0.1, -0.05) is 51.1 Å². The number of esters is 1. The molecule has 18 heavy (non-hydrogen) atoms. The summed E-state index contributed by atoms with van der Waals surface area (Å²) in [7, 11) is 0. The van der Waals surface area contributed by atoms with Gasteiger partial charge in [-0.2, -0.15) is 0 Å². The Labute approximate surface area is 109 Å². The van der Waals surface area contributed by atoms with Gasteiger partial charge in [0.25, 0.3) is 0 Å². The van der Waals surface area contributed by atoms with E-state index in [-0.39, 0.29) is 23.4 Å². The summed E-state index contributed by atoms with van der Waals surface area (Å²) in [5, 5.41) is 0. The average molecular weight is 246 g/mol. The SMILES string of the molecule is CC[C@@]1(C)[C@H](CCc2ccccc2)OC(=O)[C@@H]1C. The molecule has 1 aromatic rings. The molecule has 1 aliphatic rings. The van der Waals surface area contributed by atoms with Gasteiger partial charge in [0, 0.05) is 5.41 Å². The molecule has 0 spiro atoms. The summed E-state index contributed by atoms with van der Waals surface area (Å²) in [6, 6.07) is 10.4. The zero-order valence-corrected chi connectivity index (χ0v) is 11.5. The standard InChI is InChI=1S/C16H22O2/c1-4-16(3)12(2)15(17)18-14(16)11-10-13-8-6-5-7-9-13/h5-9,12,14H,4,10-11H2,1-3H3/t12-,14-,16+/m0/s1. The fourth-order valence-corrected chi connectivity index (χ4v) is 2.79. The molecule has 0 unspecified atom stereocenters. The average Bonchev–Trinajstić information content (AvgIpc) is 2.62. The smallest absolute Gasteiger partial charge is 0.309 e. The fraction of sp³-hybridized carbons (Fsp3) is 0.562. The molecule has 1 heterocycles. The van der Waals surface area contributed by atoms with Gasteiger partial charge >= 0.3 is 5.97 Å². The normalized spacial score (nSPS) is 31.4. The van der Waals surface area contributed by atoms with E-state index in [0.717, 1.165) is 19.3 Å². The van der Waals surface area contributed by atoms with Crippen molar-refractivity contribution in [1.82, 2.24) is 0 Å². The van der Waals surface area contributed by atoms with Crippen molar-refractivity contribution in [3.05, 3.63) is 35.9 Å². The largest absolute Gasteiger partial charge is 0.462 e. The monoisotopic (exact) mass is 246 g/mol. The lowest BCUT2D eigenvalue weighted by Crippen LogP contribution is -2.32. The number of cyclic esters (lactones) is 1. The zero-order chi connectivity index (χ0) is 13.2. The molecule has 1 fully saturated rings. The highest BCUT2D eigenvalue weighted by Crippen LogP contribution is 2.44. The Hall–Kier alpha value is -1.31. The highest BCUT2D eigenvalue weighted by molar-refractivity contribution is 5.75. The summed E-state index contributed by atoms with van der Waals surface area (Å²) in [5.74, 6) is -0.0133. The van der Waals surface area contributed by atoms with Crippen LogP contribution in [0, 0.1) is 11.3 Å². The third-order valence-corrected chi connectivity index (χ3v) is 4.64. The van der Waals surface area contributed by atoms with Crippen LogP contribution in [0.15, 0.2) is 30.3 Å². The summed E-state index contributed by atoms with van der Waals surface area (Å²) in [4.78, 5) is 11.7. The molecule has 1 saturated heterocycles. The maximum absolute atomic E-state index is 11.7. The predicted molar refractivity (Wildman–Crippen MR) is 72.2 cm³/mol. The lowest BCUT2D eigenvalue weighted by Gasteiger charge is -2.30. The molecule has 98 valence electrons. The minimum absolute atomic E-state index is 0.00807. The third kappa shape index (κ3) is 2.29. The van der Waals surface area contributed by atoms with Crippen molar-refractivity contribution in [3.63, 3.8) is 0 Å². The summed E-state index contributed by atoms with van der Waals surface area (Å²) >= 11 is 0. The Balaban J connectivity index is 2.03. The topological polar surface area (TPSA) is 26.3 Å². The van der Waals surface area contributed by atoms with Crippen LogP contribution in [-0.4, -0.2) is 12.1 Å². The number of carbonyl (C=O) groups is 1. The van der Waals surface area contributed by atoms with E-state index >= 15 is 0 Å². The maximum Gasteiger partial charge on any atom is 0.309 e. The van der Waals surface area contributed by atoms with Crippen LogP contribution in [0.4, 0.5) is 0 Å². The quantitative estimate of drug-likeness (QED) is 0.759. The summed E-state index contributed by atoms with van der Waals surface area (Å²) in [6.45, 7) is 6.32. The van der Waals surface area contributed by atoms with E-state index in [2.05, 4.69) is 38.1 Å². The van der Waals surface area contributed by atoms with Crippen LogP contribution in [-0.2, 0) is 16.0 Å². The first-order chi connectivity index (χ1) is 8.58. The Kier molecular flexibility index (Phi) is 3.74. The molecule has 2 nitrogen and oxygen atoms in total. The molecular formula is C16H22O2. The Morgan fingerprint density at radius 1 is 1.28 bits per heavy atom. The van der Waals surface area contributed by atoms with E-state index in [1.165, 1.54) is 5.56 Å². The van der Waals surface area contributed by atoms with Crippen LogP contribution >= 0.6 is 0 Å². The van der Waals surface area contributed by atoms with Crippen molar-refractivity contribution in [2.45, 2.75) is 46.1 Å². The highest BCUT2D eigenvalue weighted by Gasteiger charge is 2.49. The van der Waals surface area contributed by atoms with Crippen molar-refractivity contribution in [3.8, 4) is 0 Å². The number of carbonyl (C=O) groups excluding carboxylic acids is 1. The van der Waals surface area contributed by atoms with E-state index in [0.29, 0.717) is 0 Å². The van der Waals surface area contributed by atoms with Crippen LogP contribution in [0.3, 0.4) is 0 Å². The minimum atomic E-state index is -0.0302. The van der Waals surface area contributed by atoms with Crippen molar-refractivity contribution in [2.24, 2.45) is 11.3 Å². The van der Waals surface area contributed by atoms with Crippen molar-refractivity contribution < 1.29 is 9.53 Å². The molecule has 2 heteroatoms. The molecule has 2 rings (SSSR count). The number of aryl methyl sites for hydroxylation is 1. The molecule has 0 amide bonds. The van der Waals surface area contributed by atoms with Crippen LogP contribution in [0.5, 0.6) is 0 Å². The van der Waals surface area contributed by atoms with Crippen LogP contribution in [0.1, 0.15) is 39.2 Å². The summed E-state index contributed by atoms with van der Waals surface area (Å²) < 4.78 is 5.56. The fourth-order valence-electron chi connectivity index (χ4n) is 2.79. The maximum atomic E-state index is 11.7. The van der Waals surface area contributed by atoms with E-state index < -0.39 is 0 Å². The van der Waals surface area contributed by atoms with E-state index in [1.54, 1.807) is 0 Å². The van der Waals surface area contributed by atoms with E-state index in [9.17, 15) is 4.79 Å². The Morgan fingerprint density at radius 3 is 2.56 bits per heavy atom. The number of ether oxygens (including phenoxy) is 1. The van der Waals surface area contributed by atoms with E-state index in [4.69, 9.17) is 4.74 Å². The summed E-state index contributed by atoms with van der Waals surface area (Å²) in [5.41, 5.74) is 1.30. The number of hydrogen-bond donors (Lipinski definition) is 0. The highest BCUT2D eigenvalue weighted by atomic mass is 16.6. The molecule has 0 bridgehead atoms. The molecule has 1 aliphatic heterocycles. The molecular weight excluding hydrogens is 224 g/mol. The van der Waals surface area contributed by atoms with Gasteiger partial charge in [-0.25, -0.2) is 0 Å². The van der Waals surface area contributed by atoms with Crippen LogP contribution in [0.25, 0.3) is 0 Å². The van der Waals surface area contributed by atoms with Gasteiger partial charge in [-0.05, 0) is 24.8 Å². The molecule has 3 atom stereocenters. The second-order valence-corrected chi connectivity index (χ2v) is 5.53. The lowest BCUT2D eigenvalue weighted by molar-refractivity contribution is -0.144. The second kappa shape index (κ2) is 5.13. The van der Waals surface area contributed by atoms with Gasteiger partial charge in [-0.3, -0.25) is 4.79 Å². The first-order valence-electron chi connectivity index (χ1n) is 6.82. The molecule has 0 aromatic heterocycles. The van der Waals surface area contributed by atoms with Gasteiger partial charge < -0.3 is 4.74 Å². The van der Waals surface area contributed by atoms with Crippen molar-refractivity contribution in [1.29, 1.82) is 0 Å². The molecule has 1 aromatic carbocycles. The molecule has 0 radical (unpaired) electrons. The van der Waals surface area contributed by atoms with E-state index in [1.807, 2.05) is 13.0 Å². The van der Waals surface area contributed by atoms with Crippen LogP contribution < -0.4 is 0 Å². The van der Waals surface area contributed by atoms with Gasteiger partial charge in [0.1, 0.15) is 6.10 Å². The molecule has 0 aliphatic carbocycles. The third-order valence-electron chi connectivity index (χ3n) is 4.64. The molecule has 0 saturated carbocycles. The predicted octanol–water partition coefficient (Wildman–Crippen LogP) is 3.60. The first kappa shape index (κ1) is 13.1. The number of hydrogen-bond acceptors (Lipinski definition) is 2. The van der Waals surface area contributed by atoms with Gasteiger partial charge in [0.2, 0.25) is 0 Å². The van der Waals surface area contributed by atoms with Crippen molar-refractivity contribution >= 4 is 5.97 Å². The zero-order valence-electron chi connectivity index (χ0n) is 11.5. The second-order valence-electron chi connectivity index (χ2n) is 5.53. The van der Waals surface area contributed by atoms with Crippen molar-refractivity contribution in [2.75, 3.05) is 0 Å². The summed E-state index contributed by atoms with van der Waals surface area (Å²) in [6.07, 6.45) is 2.94.